The summed E-state index contributed by atoms with van der Waals surface area (Å²) in [7, 11) is 0. The van der Waals surface area contributed by atoms with Crippen LogP contribution in [0.4, 0.5) is 4.39 Å². The maximum Gasteiger partial charge on any atom is 0.335 e. The second-order valence-electron chi connectivity index (χ2n) is 6.11. The fraction of sp³-hybridized carbons (Fsp3) is 0.211. The van der Waals surface area contributed by atoms with E-state index in [4.69, 9.17) is 5.11 Å². The normalized spacial score (nSPS) is 14.6. The number of carbonyl (C=O) groups excluding carboxylic acids is 2. The predicted molar refractivity (Wildman–Crippen MR) is 94.7 cm³/mol. The minimum absolute atomic E-state index is 0.125. The third-order valence-corrected chi connectivity index (χ3v) is 4.31. The van der Waals surface area contributed by atoms with Gasteiger partial charge in [0, 0.05) is 37.3 Å². The van der Waals surface area contributed by atoms with Crippen molar-refractivity contribution in [3.05, 3.63) is 71.0 Å². The number of nitrogens with one attached hydrogen (secondary N) is 1. The van der Waals surface area contributed by atoms with Gasteiger partial charge in [-0.3, -0.25) is 15.0 Å². The number of hydrogen-bond donors (Lipinski definition) is 2. The van der Waals surface area contributed by atoms with Crippen LogP contribution in [-0.4, -0.2) is 59.0 Å². The van der Waals surface area contributed by atoms with E-state index in [-0.39, 0.29) is 17.4 Å². The van der Waals surface area contributed by atoms with Gasteiger partial charge in [0.25, 0.3) is 11.8 Å². The summed E-state index contributed by atoms with van der Waals surface area (Å²) in [6, 6.07) is 11.0. The van der Waals surface area contributed by atoms with E-state index in [9.17, 15) is 18.8 Å². The Bertz CT molecular complexity index is 844. The highest BCUT2D eigenvalue weighted by atomic mass is 19.1. The Hall–Kier alpha value is -3.26. The topological polar surface area (TPSA) is 89.9 Å². The number of hydrogen-bond acceptors (Lipinski definition) is 4. The van der Waals surface area contributed by atoms with Gasteiger partial charge in [-0.2, -0.15) is 0 Å². The molecule has 0 radical (unpaired) electrons. The van der Waals surface area contributed by atoms with Crippen LogP contribution >= 0.6 is 0 Å². The van der Waals surface area contributed by atoms with Gasteiger partial charge in [-0.05, 0) is 48.5 Å². The molecule has 0 aromatic heterocycles. The number of hydrazine groups is 1. The van der Waals surface area contributed by atoms with Crippen molar-refractivity contribution in [3.8, 4) is 0 Å². The number of carboxylic acid groups (broad SMARTS) is 1. The Balaban J connectivity index is 1.53. The zero-order valence-electron chi connectivity index (χ0n) is 14.4. The first-order valence-electron chi connectivity index (χ1n) is 8.38. The van der Waals surface area contributed by atoms with E-state index in [0.29, 0.717) is 37.3 Å². The van der Waals surface area contributed by atoms with Gasteiger partial charge in [0.2, 0.25) is 0 Å². The van der Waals surface area contributed by atoms with Crippen molar-refractivity contribution in [2.24, 2.45) is 0 Å². The van der Waals surface area contributed by atoms with E-state index in [0.717, 1.165) is 0 Å². The molecule has 0 bridgehead atoms. The molecule has 2 aromatic carbocycles. The lowest BCUT2D eigenvalue weighted by Crippen LogP contribution is -2.54. The third-order valence-electron chi connectivity index (χ3n) is 4.31. The molecule has 0 atom stereocenters. The summed E-state index contributed by atoms with van der Waals surface area (Å²) in [6.45, 7) is 1.74. The fourth-order valence-corrected chi connectivity index (χ4v) is 2.77. The number of carboxylic acids is 1. The minimum Gasteiger partial charge on any atom is -0.478 e. The van der Waals surface area contributed by atoms with Gasteiger partial charge in [-0.15, -0.1) is 0 Å². The summed E-state index contributed by atoms with van der Waals surface area (Å²) in [5.74, 6) is -1.97. The molecule has 0 spiro atoms. The first-order chi connectivity index (χ1) is 12.9. The summed E-state index contributed by atoms with van der Waals surface area (Å²) in [5, 5.41) is 10.6. The molecule has 2 N–H and O–H groups in total. The molecule has 2 amide bonds. The molecule has 0 saturated carbocycles. The van der Waals surface area contributed by atoms with Crippen LogP contribution in [0.5, 0.6) is 0 Å². The number of nitrogens with zero attached hydrogens (tertiary/aromatic N) is 2. The molecule has 1 aliphatic heterocycles. The molecule has 8 heteroatoms. The Morgan fingerprint density at radius 2 is 1.33 bits per heavy atom. The Morgan fingerprint density at radius 1 is 0.815 bits per heavy atom. The second-order valence-corrected chi connectivity index (χ2v) is 6.11. The Labute approximate surface area is 155 Å². The molecule has 140 valence electrons. The molecule has 2 aromatic rings. The highest BCUT2D eigenvalue weighted by Gasteiger charge is 2.23. The number of halogens is 1. The maximum atomic E-state index is 12.9. The molecule has 1 heterocycles. The molecule has 0 unspecified atom stereocenters. The minimum atomic E-state index is -1.04. The van der Waals surface area contributed by atoms with Crippen LogP contribution in [0.25, 0.3) is 0 Å². The van der Waals surface area contributed by atoms with Gasteiger partial charge in [0.05, 0.1) is 5.56 Å². The number of piperazine rings is 1. The van der Waals surface area contributed by atoms with Crippen molar-refractivity contribution >= 4 is 17.8 Å². The second kappa shape index (κ2) is 7.96. The average molecular weight is 371 g/mol. The Kier molecular flexibility index (Phi) is 5.46. The van der Waals surface area contributed by atoms with Gasteiger partial charge in [-0.25, -0.2) is 14.2 Å². The molecule has 0 aliphatic carbocycles. The largest absolute Gasteiger partial charge is 0.478 e. The average Bonchev–Trinajstić information content (AvgIpc) is 2.68. The zero-order chi connectivity index (χ0) is 19.4. The van der Waals surface area contributed by atoms with Gasteiger partial charge >= 0.3 is 5.97 Å². The molecule has 27 heavy (non-hydrogen) atoms. The zero-order valence-corrected chi connectivity index (χ0v) is 14.4. The van der Waals surface area contributed by atoms with Crippen molar-refractivity contribution in [2.45, 2.75) is 0 Å². The molecular formula is C19H18FN3O4. The highest BCUT2D eigenvalue weighted by molar-refractivity contribution is 5.96. The number of carbonyl (C=O) groups is 3. The van der Waals surface area contributed by atoms with Crippen LogP contribution in [0, 0.1) is 5.82 Å². The van der Waals surface area contributed by atoms with Gasteiger partial charge in [0.1, 0.15) is 5.82 Å². The summed E-state index contributed by atoms with van der Waals surface area (Å²) in [6.07, 6.45) is 0. The third kappa shape index (κ3) is 4.48. The first-order valence-corrected chi connectivity index (χ1v) is 8.38. The summed E-state index contributed by atoms with van der Waals surface area (Å²) < 4.78 is 12.9. The summed E-state index contributed by atoms with van der Waals surface area (Å²) in [5.41, 5.74) is 3.64. The van der Waals surface area contributed by atoms with E-state index in [1.54, 1.807) is 9.91 Å². The lowest BCUT2D eigenvalue weighted by atomic mass is 10.1. The van der Waals surface area contributed by atoms with Crippen LogP contribution in [0.2, 0.25) is 0 Å². The van der Waals surface area contributed by atoms with Gasteiger partial charge in [-0.1, -0.05) is 0 Å². The van der Waals surface area contributed by atoms with Crippen molar-refractivity contribution in [3.63, 3.8) is 0 Å². The first kappa shape index (κ1) is 18.5. The van der Waals surface area contributed by atoms with Gasteiger partial charge < -0.3 is 10.0 Å². The van der Waals surface area contributed by atoms with E-state index in [2.05, 4.69) is 5.43 Å². The summed E-state index contributed by atoms with van der Waals surface area (Å²) in [4.78, 5) is 37.2. The maximum absolute atomic E-state index is 12.9. The lowest BCUT2D eigenvalue weighted by Gasteiger charge is -2.34. The number of aromatic carboxylic acids is 1. The van der Waals surface area contributed by atoms with Crippen molar-refractivity contribution in [1.29, 1.82) is 0 Å². The standard InChI is InChI=1S/C19H18FN3O4/c20-16-7-5-13(6-8-16)17(24)21-23-11-9-22(10-12-23)18(25)14-1-3-15(4-2-14)19(26)27/h1-8H,9-12H2,(H,21,24)(H,26,27). The Morgan fingerprint density at radius 3 is 1.89 bits per heavy atom. The van der Waals surface area contributed by atoms with Crippen LogP contribution in [0.3, 0.4) is 0 Å². The quantitative estimate of drug-likeness (QED) is 0.853. The van der Waals surface area contributed by atoms with Crippen LogP contribution in [0.15, 0.2) is 48.5 Å². The molecular weight excluding hydrogens is 353 g/mol. The fourth-order valence-electron chi connectivity index (χ4n) is 2.77. The molecule has 7 nitrogen and oxygen atoms in total. The number of benzene rings is 2. The number of amides is 2. The highest BCUT2D eigenvalue weighted by Crippen LogP contribution is 2.11. The molecule has 1 aliphatic rings. The smallest absolute Gasteiger partial charge is 0.335 e. The summed E-state index contributed by atoms with van der Waals surface area (Å²) >= 11 is 0. The van der Waals surface area contributed by atoms with Crippen LogP contribution in [0.1, 0.15) is 31.1 Å². The predicted octanol–water partition coefficient (Wildman–Crippen LogP) is 1.63. The van der Waals surface area contributed by atoms with Gasteiger partial charge in [0.15, 0.2) is 0 Å². The molecule has 3 rings (SSSR count). The van der Waals surface area contributed by atoms with Crippen LogP contribution < -0.4 is 5.43 Å². The van der Waals surface area contributed by atoms with E-state index in [1.165, 1.54) is 48.5 Å². The van der Waals surface area contributed by atoms with Crippen molar-refractivity contribution in [1.82, 2.24) is 15.3 Å². The SMILES string of the molecule is O=C(O)c1ccc(C(=O)N2CCN(NC(=O)c3ccc(F)cc3)CC2)cc1. The van der Waals surface area contributed by atoms with Crippen LogP contribution in [-0.2, 0) is 0 Å². The monoisotopic (exact) mass is 371 g/mol. The van der Waals surface area contributed by atoms with Crippen molar-refractivity contribution < 1.29 is 23.9 Å². The van der Waals surface area contributed by atoms with E-state index in [1.807, 2.05) is 0 Å². The molecule has 1 fully saturated rings. The number of rotatable bonds is 4. The molecule has 1 saturated heterocycles. The van der Waals surface area contributed by atoms with E-state index < -0.39 is 11.8 Å². The van der Waals surface area contributed by atoms with Crippen molar-refractivity contribution in [2.75, 3.05) is 26.2 Å². The lowest BCUT2D eigenvalue weighted by molar-refractivity contribution is 0.0504. The van der Waals surface area contributed by atoms with E-state index >= 15 is 0 Å².